The average molecular weight is 435 g/mol. The van der Waals surface area contributed by atoms with Gasteiger partial charge in [0.1, 0.15) is 5.75 Å². The van der Waals surface area contributed by atoms with Gasteiger partial charge in [-0.15, -0.1) is 0 Å². The first-order chi connectivity index (χ1) is 16.1. The van der Waals surface area contributed by atoms with Gasteiger partial charge in [-0.3, -0.25) is 14.5 Å². The first-order valence-corrected chi connectivity index (χ1v) is 11.1. The highest BCUT2D eigenvalue weighted by molar-refractivity contribution is 6.22. The second-order valence-corrected chi connectivity index (χ2v) is 8.84. The Bertz CT molecular complexity index is 1250. The summed E-state index contributed by atoms with van der Waals surface area (Å²) in [6.45, 7) is 0. The van der Waals surface area contributed by atoms with Gasteiger partial charge in [0.05, 0.1) is 23.1 Å². The van der Waals surface area contributed by atoms with Crippen molar-refractivity contribution < 1.29 is 19.1 Å². The molecule has 1 saturated heterocycles. The van der Waals surface area contributed by atoms with Gasteiger partial charge >= 0.3 is 5.97 Å². The molecule has 2 bridgehead atoms. The predicted molar refractivity (Wildman–Crippen MR) is 123 cm³/mol. The summed E-state index contributed by atoms with van der Waals surface area (Å²) in [4.78, 5) is 39.8. The van der Waals surface area contributed by atoms with Crippen LogP contribution in [0.5, 0.6) is 5.75 Å². The topological polar surface area (TPSA) is 63.7 Å². The second-order valence-electron chi connectivity index (χ2n) is 8.84. The van der Waals surface area contributed by atoms with Gasteiger partial charge < -0.3 is 4.74 Å². The van der Waals surface area contributed by atoms with E-state index in [0.29, 0.717) is 17.0 Å². The molecule has 0 aromatic heterocycles. The van der Waals surface area contributed by atoms with Crippen LogP contribution in [0.4, 0.5) is 5.69 Å². The predicted octanol–water partition coefficient (Wildman–Crippen LogP) is 4.88. The lowest BCUT2D eigenvalue weighted by atomic mass is 9.85. The summed E-state index contributed by atoms with van der Waals surface area (Å²) in [5.41, 5.74) is 2.98. The zero-order chi connectivity index (χ0) is 22.5. The van der Waals surface area contributed by atoms with Gasteiger partial charge in [-0.05, 0) is 65.8 Å². The average Bonchev–Trinajstić information content (AvgIpc) is 3.54. The molecule has 2 fully saturated rings. The van der Waals surface area contributed by atoms with E-state index >= 15 is 0 Å². The number of nitrogens with zero attached hydrogens (tertiary/aromatic N) is 1. The van der Waals surface area contributed by atoms with E-state index in [0.717, 1.165) is 17.5 Å². The monoisotopic (exact) mass is 435 g/mol. The van der Waals surface area contributed by atoms with Crippen LogP contribution in [0.25, 0.3) is 11.1 Å². The molecule has 3 aliphatic rings. The highest BCUT2D eigenvalue weighted by Gasteiger charge is 2.59. The first kappa shape index (κ1) is 19.7. The van der Waals surface area contributed by atoms with Crippen LogP contribution in [0.3, 0.4) is 0 Å². The number of hydrogen-bond donors (Lipinski definition) is 0. The van der Waals surface area contributed by atoms with E-state index in [4.69, 9.17) is 4.74 Å². The van der Waals surface area contributed by atoms with Crippen molar-refractivity contribution in [2.75, 3.05) is 4.90 Å². The zero-order valence-corrected chi connectivity index (χ0v) is 17.8. The summed E-state index contributed by atoms with van der Waals surface area (Å²) >= 11 is 0. The molecule has 6 rings (SSSR count). The number of anilines is 1. The summed E-state index contributed by atoms with van der Waals surface area (Å²) < 4.78 is 5.50. The lowest BCUT2D eigenvalue weighted by Crippen LogP contribution is -2.32. The largest absolute Gasteiger partial charge is 0.423 e. The van der Waals surface area contributed by atoms with Crippen molar-refractivity contribution in [3.05, 3.63) is 96.6 Å². The van der Waals surface area contributed by atoms with Crippen molar-refractivity contribution in [1.82, 2.24) is 0 Å². The van der Waals surface area contributed by atoms with Crippen molar-refractivity contribution in [3.8, 4) is 16.9 Å². The van der Waals surface area contributed by atoms with Gasteiger partial charge in [-0.25, -0.2) is 4.79 Å². The number of amides is 2. The van der Waals surface area contributed by atoms with Gasteiger partial charge in [0.15, 0.2) is 0 Å². The standard InChI is InChI=1S/C28H21NO4/c30-26-24-20-6-7-21(16-20)25(24)27(31)29(26)22-12-8-19(9-13-22)28(32)33-23-14-10-18(11-15-23)17-4-2-1-3-5-17/h1-15,20-21,24-25H,16H2/t20-,21-,24-,25-/m0/s1. The summed E-state index contributed by atoms with van der Waals surface area (Å²) in [7, 11) is 0. The van der Waals surface area contributed by atoms with Crippen molar-refractivity contribution in [3.63, 3.8) is 0 Å². The summed E-state index contributed by atoms with van der Waals surface area (Å²) in [5, 5.41) is 0. The fourth-order valence-electron chi connectivity index (χ4n) is 5.42. The van der Waals surface area contributed by atoms with Crippen molar-refractivity contribution in [2.45, 2.75) is 6.42 Å². The van der Waals surface area contributed by atoms with Crippen LogP contribution >= 0.6 is 0 Å². The Labute approximate surface area is 191 Å². The number of rotatable bonds is 4. The Morgan fingerprint density at radius 1 is 0.727 bits per heavy atom. The molecule has 0 unspecified atom stereocenters. The maximum atomic E-state index is 13.0. The zero-order valence-electron chi connectivity index (χ0n) is 17.8. The number of benzene rings is 3. The Morgan fingerprint density at radius 2 is 1.30 bits per heavy atom. The highest BCUT2D eigenvalue weighted by atomic mass is 16.5. The van der Waals surface area contributed by atoms with E-state index in [1.54, 1.807) is 36.4 Å². The van der Waals surface area contributed by atoms with Gasteiger partial charge in [-0.2, -0.15) is 0 Å². The normalized spacial score (nSPS) is 24.9. The number of carbonyl (C=O) groups excluding carboxylic acids is 3. The number of imide groups is 1. The third kappa shape index (κ3) is 3.20. The minimum Gasteiger partial charge on any atom is -0.423 e. The highest BCUT2D eigenvalue weighted by Crippen LogP contribution is 2.53. The van der Waals surface area contributed by atoms with Crippen LogP contribution in [0.15, 0.2) is 91.0 Å². The molecule has 3 aromatic rings. The molecule has 2 aliphatic carbocycles. The lowest BCUT2D eigenvalue weighted by Gasteiger charge is -2.17. The van der Waals surface area contributed by atoms with Crippen LogP contribution in [-0.2, 0) is 9.59 Å². The van der Waals surface area contributed by atoms with Crippen LogP contribution in [0, 0.1) is 23.7 Å². The van der Waals surface area contributed by atoms with Gasteiger partial charge in [0, 0.05) is 0 Å². The van der Waals surface area contributed by atoms with E-state index < -0.39 is 5.97 Å². The molecular formula is C28H21NO4. The molecule has 5 nitrogen and oxygen atoms in total. The Balaban J connectivity index is 1.15. The smallest absolute Gasteiger partial charge is 0.343 e. The van der Waals surface area contributed by atoms with Crippen LogP contribution < -0.4 is 9.64 Å². The molecule has 0 radical (unpaired) electrons. The SMILES string of the molecule is O=C(Oc1ccc(-c2ccccc2)cc1)c1ccc(N2C(=O)[C@@H]3[C@@H](C2=O)[C@H]2C=C[C@H]3C2)cc1. The Kier molecular flexibility index (Phi) is 4.50. The number of esters is 1. The fraction of sp³-hybridized carbons (Fsp3) is 0.179. The maximum Gasteiger partial charge on any atom is 0.343 e. The molecule has 33 heavy (non-hydrogen) atoms. The number of ether oxygens (including phenoxy) is 1. The molecule has 5 heteroatoms. The Hall–Kier alpha value is -3.99. The minimum absolute atomic E-state index is 0.129. The fourth-order valence-corrected chi connectivity index (χ4v) is 5.42. The van der Waals surface area contributed by atoms with Gasteiger partial charge in [0.25, 0.3) is 0 Å². The van der Waals surface area contributed by atoms with E-state index in [1.165, 1.54) is 4.90 Å². The molecule has 0 N–H and O–H groups in total. The molecule has 1 aliphatic heterocycles. The van der Waals surface area contributed by atoms with Crippen LogP contribution in [0.1, 0.15) is 16.8 Å². The number of fused-ring (bicyclic) bond motifs is 5. The molecule has 0 spiro atoms. The summed E-state index contributed by atoms with van der Waals surface area (Å²) in [6, 6.07) is 23.8. The van der Waals surface area contributed by atoms with Gasteiger partial charge in [0.2, 0.25) is 11.8 Å². The third-order valence-electron chi connectivity index (χ3n) is 7.00. The molecule has 1 heterocycles. The second kappa shape index (κ2) is 7.55. The van der Waals surface area contributed by atoms with Gasteiger partial charge in [-0.1, -0.05) is 54.6 Å². The lowest BCUT2D eigenvalue weighted by molar-refractivity contribution is -0.123. The molecule has 2 amide bonds. The molecule has 162 valence electrons. The third-order valence-corrected chi connectivity index (χ3v) is 7.00. The van der Waals surface area contributed by atoms with Crippen LogP contribution in [-0.4, -0.2) is 17.8 Å². The van der Waals surface area contributed by atoms with Crippen molar-refractivity contribution >= 4 is 23.5 Å². The number of allylic oxidation sites excluding steroid dienone is 2. The molecule has 3 aromatic carbocycles. The molecule has 1 saturated carbocycles. The van der Waals surface area contributed by atoms with Crippen molar-refractivity contribution in [1.29, 1.82) is 0 Å². The van der Waals surface area contributed by atoms with E-state index in [-0.39, 0.29) is 35.5 Å². The van der Waals surface area contributed by atoms with E-state index in [2.05, 4.69) is 12.2 Å². The first-order valence-electron chi connectivity index (χ1n) is 11.1. The summed E-state index contributed by atoms with van der Waals surface area (Å²) in [6.07, 6.45) is 5.05. The quantitative estimate of drug-likeness (QED) is 0.254. The van der Waals surface area contributed by atoms with Crippen LogP contribution in [0.2, 0.25) is 0 Å². The number of carbonyl (C=O) groups is 3. The number of hydrogen-bond acceptors (Lipinski definition) is 4. The Morgan fingerprint density at radius 3 is 1.91 bits per heavy atom. The molecule has 4 atom stereocenters. The molecular weight excluding hydrogens is 414 g/mol. The maximum absolute atomic E-state index is 13.0. The minimum atomic E-state index is -0.493. The van der Waals surface area contributed by atoms with Crippen molar-refractivity contribution in [2.24, 2.45) is 23.7 Å². The van der Waals surface area contributed by atoms with E-state index in [1.807, 2.05) is 42.5 Å². The summed E-state index contributed by atoms with van der Waals surface area (Å²) in [5.74, 6) is -0.442. The van der Waals surface area contributed by atoms with E-state index in [9.17, 15) is 14.4 Å².